The third-order valence-electron chi connectivity index (χ3n) is 2.81. The van der Waals surface area contributed by atoms with Gasteiger partial charge in [0.2, 0.25) is 0 Å². The summed E-state index contributed by atoms with van der Waals surface area (Å²) in [6, 6.07) is 0. The first kappa shape index (κ1) is 15.3. The maximum atomic E-state index is 12.5. The van der Waals surface area contributed by atoms with Gasteiger partial charge in [0.15, 0.2) is 0 Å². The normalized spacial score (nSPS) is 15.8. The van der Waals surface area contributed by atoms with E-state index >= 15 is 0 Å². The largest absolute Gasteiger partial charge is 0.481 e. The zero-order chi connectivity index (χ0) is 12.8. The minimum absolute atomic E-state index is 0.0812. The van der Waals surface area contributed by atoms with E-state index in [1.54, 1.807) is 13.8 Å². The Balaban J connectivity index is 4.25. The van der Waals surface area contributed by atoms with Crippen molar-refractivity contribution in [2.24, 2.45) is 11.8 Å². The van der Waals surface area contributed by atoms with Gasteiger partial charge in [0, 0.05) is 0 Å². The van der Waals surface area contributed by atoms with Crippen molar-refractivity contribution in [1.29, 1.82) is 0 Å². The molecule has 0 aliphatic rings. The summed E-state index contributed by atoms with van der Waals surface area (Å²) in [7, 11) is 0. The molecule has 0 aromatic rings. The van der Waals surface area contributed by atoms with Crippen molar-refractivity contribution < 1.29 is 23.1 Å². The van der Waals surface area contributed by atoms with Gasteiger partial charge in [-0.3, -0.25) is 4.79 Å². The van der Waals surface area contributed by atoms with Crippen molar-refractivity contribution in [3.8, 4) is 0 Å². The van der Waals surface area contributed by atoms with E-state index in [4.69, 9.17) is 5.11 Å². The van der Waals surface area contributed by atoms with E-state index < -0.39 is 24.0 Å². The molecule has 2 nitrogen and oxygen atoms in total. The summed E-state index contributed by atoms with van der Waals surface area (Å²) >= 11 is 0. The molecule has 0 amide bonds. The van der Waals surface area contributed by atoms with Crippen molar-refractivity contribution >= 4 is 5.97 Å². The van der Waals surface area contributed by atoms with Gasteiger partial charge in [-0.2, -0.15) is 13.2 Å². The van der Waals surface area contributed by atoms with Crippen LogP contribution in [0.2, 0.25) is 0 Å². The molecule has 96 valence electrons. The molecule has 0 aliphatic heterocycles. The van der Waals surface area contributed by atoms with Gasteiger partial charge in [0.05, 0.1) is 11.8 Å². The van der Waals surface area contributed by atoms with Gasteiger partial charge in [0.25, 0.3) is 0 Å². The molecule has 1 N–H and O–H groups in total. The SMILES string of the molecule is CCCC(CCC(CC)C(=O)O)C(F)(F)F. The highest BCUT2D eigenvalue weighted by molar-refractivity contribution is 5.69. The first-order chi connectivity index (χ1) is 7.32. The molecule has 0 fully saturated rings. The van der Waals surface area contributed by atoms with E-state index in [0.717, 1.165) is 0 Å². The molecule has 2 unspecified atom stereocenters. The molecule has 16 heavy (non-hydrogen) atoms. The number of rotatable bonds is 7. The summed E-state index contributed by atoms with van der Waals surface area (Å²) < 4.78 is 37.5. The summed E-state index contributed by atoms with van der Waals surface area (Å²) in [5.74, 6) is -3.01. The van der Waals surface area contributed by atoms with Crippen molar-refractivity contribution in [3.05, 3.63) is 0 Å². The molecule has 0 aromatic carbocycles. The van der Waals surface area contributed by atoms with E-state index in [9.17, 15) is 18.0 Å². The third-order valence-corrected chi connectivity index (χ3v) is 2.81. The maximum absolute atomic E-state index is 12.5. The van der Waals surface area contributed by atoms with Crippen molar-refractivity contribution in [2.75, 3.05) is 0 Å². The predicted octanol–water partition coefficient (Wildman–Crippen LogP) is 3.86. The number of hydrogen-bond acceptors (Lipinski definition) is 1. The monoisotopic (exact) mass is 240 g/mol. The van der Waals surface area contributed by atoms with Crippen LogP contribution in [-0.2, 0) is 4.79 Å². The Morgan fingerprint density at radius 1 is 1.19 bits per heavy atom. The highest BCUT2D eigenvalue weighted by atomic mass is 19.4. The second-order valence-corrected chi connectivity index (χ2v) is 4.05. The van der Waals surface area contributed by atoms with E-state index in [-0.39, 0.29) is 19.3 Å². The van der Waals surface area contributed by atoms with Crippen LogP contribution in [0.1, 0.15) is 46.0 Å². The lowest BCUT2D eigenvalue weighted by Gasteiger charge is -2.21. The molecule has 0 aromatic heterocycles. The molecule has 0 radical (unpaired) electrons. The van der Waals surface area contributed by atoms with Crippen LogP contribution in [0, 0.1) is 11.8 Å². The molecule has 0 saturated heterocycles. The number of carboxylic acids is 1. The van der Waals surface area contributed by atoms with Gasteiger partial charge in [-0.05, 0) is 25.7 Å². The van der Waals surface area contributed by atoms with E-state index in [0.29, 0.717) is 12.8 Å². The van der Waals surface area contributed by atoms with Gasteiger partial charge in [-0.1, -0.05) is 20.3 Å². The van der Waals surface area contributed by atoms with Crippen molar-refractivity contribution in [3.63, 3.8) is 0 Å². The average molecular weight is 240 g/mol. The number of aliphatic carboxylic acids is 1. The zero-order valence-corrected chi connectivity index (χ0v) is 9.68. The highest BCUT2D eigenvalue weighted by Gasteiger charge is 2.38. The third kappa shape index (κ3) is 5.37. The number of hydrogen-bond donors (Lipinski definition) is 1. The summed E-state index contributed by atoms with van der Waals surface area (Å²) in [5.41, 5.74) is 0. The van der Waals surface area contributed by atoms with Gasteiger partial charge in [-0.15, -0.1) is 0 Å². The second kappa shape index (κ2) is 6.76. The topological polar surface area (TPSA) is 37.3 Å². The van der Waals surface area contributed by atoms with Crippen LogP contribution in [0.4, 0.5) is 13.2 Å². The number of carboxylic acid groups (broad SMARTS) is 1. The van der Waals surface area contributed by atoms with Gasteiger partial charge in [0.1, 0.15) is 0 Å². The summed E-state index contributed by atoms with van der Waals surface area (Å²) in [6.07, 6.45) is -3.25. The molecular formula is C11H19F3O2. The molecule has 0 rings (SSSR count). The Labute approximate surface area is 93.8 Å². The Bertz CT molecular complexity index is 214. The fraction of sp³-hybridized carbons (Fsp3) is 0.909. The summed E-state index contributed by atoms with van der Waals surface area (Å²) in [6.45, 7) is 3.38. The Kier molecular flexibility index (Phi) is 6.45. The van der Waals surface area contributed by atoms with Gasteiger partial charge < -0.3 is 5.11 Å². The van der Waals surface area contributed by atoms with Gasteiger partial charge in [-0.25, -0.2) is 0 Å². The van der Waals surface area contributed by atoms with Crippen molar-refractivity contribution in [1.82, 2.24) is 0 Å². The number of alkyl halides is 3. The van der Waals surface area contributed by atoms with E-state index in [1.165, 1.54) is 0 Å². The fourth-order valence-corrected chi connectivity index (χ4v) is 1.72. The van der Waals surface area contributed by atoms with E-state index in [1.807, 2.05) is 0 Å². The second-order valence-electron chi connectivity index (χ2n) is 4.05. The van der Waals surface area contributed by atoms with Crippen molar-refractivity contribution in [2.45, 2.75) is 52.1 Å². The molecule has 0 spiro atoms. The summed E-state index contributed by atoms with van der Waals surface area (Å²) in [5, 5.41) is 8.74. The Hall–Kier alpha value is -0.740. The molecule has 0 heterocycles. The minimum atomic E-state index is -4.20. The van der Waals surface area contributed by atoms with E-state index in [2.05, 4.69) is 0 Å². The first-order valence-corrected chi connectivity index (χ1v) is 5.62. The lowest BCUT2D eigenvalue weighted by Crippen LogP contribution is -2.24. The van der Waals surface area contributed by atoms with Crippen LogP contribution in [0.25, 0.3) is 0 Å². The molecule has 0 saturated carbocycles. The average Bonchev–Trinajstić information content (AvgIpc) is 2.15. The zero-order valence-electron chi connectivity index (χ0n) is 9.68. The van der Waals surface area contributed by atoms with Gasteiger partial charge >= 0.3 is 12.1 Å². The first-order valence-electron chi connectivity index (χ1n) is 5.62. The molecule has 0 bridgehead atoms. The maximum Gasteiger partial charge on any atom is 0.391 e. The lowest BCUT2D eigenvalue weighted by atomic mass is 9.91. The molecular weight excluding hydrogens is 221 g/mol. The molecule has 0 aliphatic carbocycles. The van der Waals surface area contributed by atoms with Crippen LogP contribution < -0.4 is 0 Å². The Morgan fingerprint density at radius 2 is 1.75 bits per heavy atom. The van der Waals surface area contributed by atoms with Crippen LogP contribution in [0.5, 0.6) is 0 Å². The number of halogens is 3. The Morgan fingerprint density at radius 3 is 2.06 bits per heavy atom. The molecule has 2 atom stereocenters. The lowest BCUT2D eigenvalue weighted by molar-refractivity contribution is -0.179. The number of carbonyl (C=O) groups is 1. The van der Waals surface area contributed by atoms with Crippen LogP contribution in [0.3, 0.4) is 0 Å². The standard InChI is InChI=1S/C11H19F3O2/c1-3-5-9(11(12,13)14)7-6-8(4-2)10(15)16/h8-9H,3-7H2,1-2H3,(H,15,16). The quantitative estimate of drug-likeness (QED) is 0.733. The van der Waals surface area contributed by atoms with Crippen LogP contribution in [0.15, 0.2) is 0 Å². The predicted molar refractivity (Wildman–Crippen MR) is 55.1 cm³/mol. The fourth-order valence-electron chi connectivity index (χ4n) is 1.72. The minimum Gasteiger partial charge on any atom is -0.481 e. The molecule has 5 heteroatoms. The summed E-state index contributed by atoms with van der Waals surface area (Å²) in [4.78, 5) is 10.7. The highest BCUT2D eigenvalue weighted by Crippen LogP contribution is 2.34. The van der Waals surface area contributed by atoms with Crippen LogP contribution >= 0.6 is 0 Å². The smallest absolute Gasteiger partial charge is 0.391 e. The van der Waals surface area contributed by atoms with Crippen LogP contribution in [-0.4, -0.2) is 17.3 Å².